The quantitative estimate of drug-likeness (QED) is 0.831. The van der Waals surface area contributed by atoms with Gasteiger partial charge in [-0.25, -0.2) is 0 Å². The SMILES string of the molecule is Cc1cccc(CNC(=O)C2CCC(C(=O)Nc3ccc(C#N)cc3)CC2)c1. The Kier molecular flexibility index (Phi) is 6.44. The lowest BCUT2D eigenvalue weighted by atomic mass is 9.81. The number of carbonyl (C=O) groups excluding carboxylic acids is 2. The van der Waals surface area contributed by atoms with Crippen molar-refractivity contribution < 1.29 is 9.59 Å². The molecule has 0 aliphatic heterocycles. The van der Waals surface area contributed by atoms with Gasteiger partial charge in [-0.2, -0.15) is 5.26 Å². The fourth-order valence-electron chi connectivity index (χ4n) is 3.65. The third-order valence-corrected chi connectivity index (χ3v) is 5.30. The first-order valence-electron chi connectivity index (χ1n) is 9.69. The van der Waals surface area contributed by atoms with E-state index in [1.54, 1.807) is 24.3 Å². The molecule has 0 unspecified atom stereocenters. The van der Waals surface area contributed by atoms with Crippen molar-refractivity contribution >= 4 is 17.5 Å². The van der Waals surface area contributed by atoms with Crippen molar-refractivity contribution in [1.29, 1.82) is 5.26 Å². The van der Waals surface area contributed by atoms with Gasteiger partial charge >= 0.3 is 0 Å². The lowest BCUT2D eigenvalue weighted by Crippen LogP contribution is -2.35. The summed E-state index contributed by atoms with van der Waals surface area (Å²) < 4.78 is 0. The number of aryl methyl sites for hydroxylation is 1. The molecule has 0 atom stereocenters. The Balaban J connectivity index is 1.44. The molecule has 2 amide bonds. The molecule has 0 radical (unpaired) electrons. The number of hydrogen-bond acceptors (Lipinski definition) is 3. The highest BCUT2D eigenvalue weighted by Gasteiger charge is 2.29. The number of anilines is 1. The third kappa shape index (κ3) is 5.20. The number of rotatable bonds is 5. The van der Waals surface area contributed by atoms with Gasteiger partial charge < -0.3 is 10.6 Å². The largest absolute Gasteiger partial charge is 0.352 e. The van der Waals surface area contributed by atoms with E-state index >= 15 is 0 Å². The number of benzene rings is 2. The summed E-state index contributed by atoms with van der Waals surface area (Å²) in [4.78, 5) is 24.9. The molecule has 5 heteroatoms. The topological polar surface area (TPSA) is 82.0 Å². The van der Waals surface area contributed by atoms with Crippen LogP contribution in [0.2, 0.25) is 0 Å². The minimum absolute atomic E-state index is 0.0108. The molecule has 2 N–H and O–H groups in total. The predicted molar refractivity (Wildman–Crippen MR) is 108 cm³/mol. The van der Waals surface area contributed by atoms with E-state index in [9.17, 15) is 9.59 Å². The van der Waals surface area contributed by atoms with Gasteiger partial charge in [0.15, 0.2) is 0 Å². The maximum absolute atomic E-state index is 12.5. The summed E-state index contributed by atoms with van der Waals surface area (Å²) in [7, 11) is 0. The average Bonchev–Trinajstić information content (AvgIpc) is 2.72. The first-order chi connectivity index (χ1) is 13.5. The average molecular weight is 375 g/mol. The van der Waals surface area contributed by atoms with Crippen molar-refractivity contribution in [1.82, 2.24) is 5.32 Å². The van der Waals surface area contributed by atoms with Crippen LogP contribution in [0.5, 0.6) is 0 Å². The first-order valence-corrected chi connectivity index (χ1v) is 9.69. The smallest absolute Gasteiger partial charge is 0.227 e. The van der Waals surface area contributed by atoms with E-state index in [0.29, 0.717) is 30.6 Å². The Labute approximate surface area is 165 Å². The second kappa shape index (κ2) is 9.18. The van der Waals surface area contributed by atoms with Crippen molar-refractivity contribution in [2.24, 2.45) is 11.8 Å². The zero-order valence-electron chi connectivity index (χ0n) is 16.1. The van der Waals surface area contributed by atoms with Crippen molar-refractivity contribution in [3.8, 4) is 6.07 Å². The van der Waals surface area contributed by atoms with Crippen LogP contribution >= 0.6 is 0 Å². The van der Waals surface area contributed by atoms with Crippen molar-refractivity contribution in [3.05, 3.63) is 65.2 Å². The number of nitriles is 1. The van der Waals surface area contributed by atoms with E-state index in [1.807, 2.05) is 25.1 Å². The summed E-state index contributed by atoms with van der Waals surface area (Å²) >= 11 is 0. The van der Waals surface area contributed by atoms with Crippen molar-refractivity contribution in [3.63, 3.8) is 0 Å². The molecule has 1 aliphatic carbocycles. The van der Waals surface area contributed by atoms with Gasteiger partial charge in [-0.3, -0.25) is 9.59 Å². The number of carbonyl (C=O) groups is 2. The van der Waals surface area contributed by atoms with Gasteiger partial charge in [0.25, 0.3) is 0 Å². The van der Waals surface area contributed by atoms with Gasteiger partial charge in [-0.05, 0) is 62.4 Å². The molecule has 144 valence electrons. The van der Waals surface area contributed by atoms with E-state index < -0.39 is 0 Å². The van der Waals surface area contributed by atoms with Crippen LogP contribution in [0.1, 0.15) is 42.4 Å². The van der Waals surface area contributed by atoms with E-state index in [1.165, 1.54) is 5.56 Å². The molecule has 0 bridgehead atoms. The highest BCUT2D eigenvalue weighted by molar-refractivity contribution is 5.92. The minimum atomic E-state index is -0.0727. The van der Waals surface area contributed by atoms with Crippen molar-refractivity contribution in [2.45, 2.75) is 39.2 Å². The van der Waals surface area contributed by atoms with Gasteiger partial charge in [0.1, 0.15) is 0 Å². The van der Waals surface area contributed by atoms with Crippen LogP contribution < -0.4 is 10.6 Å². The molecule has 2 aromatic carbocycles. The zero-order chi connectivity index (χ0) is 19.9. The summed E-state index contributed by atoms with van der Waals surface area (Å²) in [5.74, 6) is -0.0315. The second-order valence-corrected chi connectivity index (χ2v) is 7.43. The molecule has 2 aromatic rings. The van der Waals surface area contributed by atoms with Gasteiger partial charge in [-0.15, -0.1) is 0 Å². The standard InChI is InChI=1S/C23H25N3O2/c1-16-3-2-4-18(13-16)15-25-22(27)19-7-9-20(10-8-19)23(28)26-21-11-5-17(14-24)6-12-21/h2-6,11-13,19-20H,7-10,15H2,1H3,(H,25,27)(H,26,28). The van der Waals surface area contributed by atoms with Crippen LogP contribution in [0, 0.1) is 30.1 Å². The van der Waals surface area contributed by atoms with Crippen LogP contribution in [0.25, 0.3) is 0 Å². The molecule has 3 rings (SSSR count). The van der Waals surface area contributed by atoms with Gasteiger partial charge in [0, 0.05) is 24.1 Å². The van der Waals surface area contributed by atoms with Crippen molar-refractivity contribution in [2.75, 3.05) is 5.32 Å². The van der Waals surface area contributed by atoms with E-state index in [2.05, 4.69) is 22.8 Å². The molecule has 1 fully saturated rings. The lowest BCUT2D eigenvalue weighted by Gasteiger charge is -2.27. The first kappa shape index (κ1) is 19.6. The monoisotopic (exact) mass is 375 g/mol. The van der Waals surface area contributed by atoms with E-state index in [0.717, 1.165) is 18.4 Å². The third-order valence-electron chi connectivity index (χ3n) is 5.30. The maximum atomic E-state index is 12.5. The molecule has 0 heterocycles. The normalized spacial score (nSPS) is 18.7. The summed E-state index contributed by atoms with van der Waals surface area (Å²) in [6.07, 6.45) is 2.88. The minimum Gasteiger partial charge on any atom is -0.352 e. The summed E-state index contributed by atoms with van der Waals surface area (Å²) in [5, 5.41) is 14.8. The van der Waals surface area contributed by atoms with Crippen LogP contribution in [0.4, 0.5) is 5.69 Å². The molecule has 5 nitrogen and oxygen atoms in total. The van der Waals surface area contributed by atoms with Gasteiger partial charge in [0.2, 0.25) is 11.8 Å². The number of nitrogens with zero attached hydrogens (tertiary/aromatic N) is 1. The van der Waals surface area contributed by atoms with Crippen LogP contribution in [-0.2, 0) is 16.1 Å². The predicted octanol–water partition coefficient (Wildman–Crippen LogP) is 3.93. The van der Waals surface area contributed by atoms with Crippen LogP contribution in [0.3, 0.4) is 0 Å². The summed E-state index contributed by atoms with van der Waals surface area (Å²) in [6.45, 7) is 2.58. The fraction of sp³-hybridized carbons (Fsp3) is 0.348. The zero-order valence-corrected chi connectivity index (χ0v) is 16.1. The van der Waals surface area contributed by atoms with E-state index in [-0.39, 0.29) is 23.7 Å². The highest BCUT2D eigenvalue weighted by Crippen LogP contribution is 2.30. The van der Waals surface area contributed by atoms with Gasteiger partial charge in [-0.1, -0.05) is 29.8 Å². The Hall–Kier alpha value is -3.13. The Morgan fingerprint density at radius 3 is 2.25 bits per heavy atom. The number of nitrogens with one attached hydrogen (secondary N) is 2. The summed E-state index contributed by atoms with van der Waals surface area (Å²) in [5.41, 5.74) is 3.54. The van der Waals surface area contributed by atoms with Crippen LogP contribution in [-0.4, -0.2) is 11.8 Å². The number of amides is 2. The molecule has 1 aliphatic rings. The van der Waals surface area contributed by atoms with Crippen LogP contribution in [0.15, 0.2) is 48.5 Å². The Bertz CT molecular complexity index is 875. The molecule has 0 aromatic heterocycles. The lowest BCUT2D eigenvalue weighted by molar-refractivity contribution is -0.128. The molecule has 1 saturated carbocycles. The number of hydrogen-bond donors (Lipinski definition) is 2. The Morgan fingerprint density at radius 1 is 1.00 bits per heavy atom. The molecular weight excluding hydrogens is 350 g/mol. The molecule has 0 saturated heterocycles. The van der Waals surface area contributed by atoms with E-state index in [4.69, 9.17) is 5.26 Å². The molecule has 28 heavy (non-hydrogen) atoms. The molecular formula is C23H25N3O2. The second-order valence-electron chi connectivity index (χ2n) is 7.43. The molecule has 0 spiro atoms. The van der Waals surface area contributed by atoms with Gasteiger partial charge in [0.05, 0.1) is 11.6 Å². The fourth-order valence-corrected chi connectivity index (χ4v) is 3.65. The Morgan fingerprint density at radius 2 is 1.64 bits per heavy atom. The summed E-state index contributed by atoms with van der Waals surface area (Å²) in [6, 6.07) is 17.0. The highest BCUT2D eigenvalue weighted by atomic mass is 16.2. The maximum Gasteiger partial charge on any atom is 0.227 e.